The molecule has 2 aromatic carbocycles. The summed E-state index contributed by atoms with van der Waals surface area (Å²) in [5, 5.41) is 2.78. The standard InChI is InChI=1S/C26H30N4O4S/c1-30-17-7-3-6-14-24(30)29-35(32,33)22-13-8-12-21(18-22)28-25(31)15-9-16-26-27-19-23(34-26)20-10-4-2-5-11-20/h2,4-5,8,10-13,18-19H,3,6-7,9,14-17H2,1H3,(H,28,31)/b29-24+. The third kappa shape index (κ3) is 6.79. The second-order valence-electron chi connectivity index (χ2n) is 8.63. The van der Waals surface area contributed by atoms with Crippen molar-refractivity contribution in [1.82, 2.24) is 9.88 Å². The molecule has 1 saturated heterocycles. The molecule has 0 saturated carbocycles. The fourth-order valence-electron chi connectivity index (χ4n) is 3.96. The van der Waals surface area contributed by atoms with Crippen molar-refractivity contribution in [2.45, 2.75) is 49.8 Å². The minimum absolute atomic E-state index is 0.0636. The maximum absolute atomic E-state index is 12.9. The van der Waals surface area contributed by atoms with E-state index in [1.807, 2.05) is 42.3 Å². The van der Waals surface area contributed by atoms with E-state index >= 15 is 0 Å². The van der Waals surface area contributed by atoms with Gasteiger partial charge in [0.05, 0.1) is 11.1 Å². The number of likely N-dealkylation sites (tertiary alicyclic amines) is 1. The van der Waals surface area contributed by atoms with Crippen molar-refractivity contribution in [2.75, 3.05) is 18.9 Å². The van der Waals surface area contributed by atoms with E-state index in [0.717, 1.165) is 31.4 Å². The smallest absolute Gasteiger partial charge is 0.284 e. The zero-order chi connectivity index (χ0) is 24.7. The second kappa shape index (κ2) is 11.3. The molecule has 8 nitrogen and oxygen atoms in total. The van der Waals surface area contributed by atoms with Gasteiger partial charge in [-0.3, -0.25) is 4.79 Å². The number of nitrogens with one attached hydrogen (secondary N) is 1. The van der Waals surface area contributed by atoms with Gasteiger partial charge in [-0.05, 0) is 37.5 Å². The Morgan fingerprint density at radius 2 is 1.94 bits per heavy atom. The zero-order valence-corrected chi connectivity index (χ0v) is 20.6. The number of amidine groups is 1. The monoisotopic (exact) mass is 494 g/mol. The Morgan fingerprint density at radius 1 is 1.11 bits per heavy atom. The zero-order valence-electron chi connectivity index (χ0n) is 19.8. The van der Waals surface area contributed by atoms with Gasteiger partial charge < -0.3 is 14.6 Å². The van der Waals surface area contributed by atoms with Crippen LogP contribution in [0.1, 0.15) is 44.4 Å². The lowest BCUT2D eigenvalue weighted by molar-refractivity contribution is -0.116. The number of nitrogens with zero attached hydrogens (tertiary/aromatic N) is 3. The molecule has 1 aliphatic heterocycles. The summed E-state index contributed by atoms with van der Waals surface area (Å²) < 4.78 is 35.6. The molecule has 0 radical (unpaired) electrons. The van der Waals surface area contributed by atoms with Gasteiger partial charge in [0.2, 0.25) is 5.91 Å². The maximum Gasteiger partial charge on any atom is 0.284 e. The van der Waals surface area contributed by atoms with Crippen molar-refractivity contribution in [3.63, 3.8) is 0 Å². The van der Waals surface area contributed by atoms with Crippen LogP contribution in [0.3, 0.4) is 0 Å². The lowest BCUT2D eigenvalue weighted by atomic mass is 10.2. The first-order valence-corrected chi connectivity index (χ1v) is 13.3. The molecular formula is C26H30N4O4S. The minimum Gasteiger partial charge on any atom is -0.441 e. The third-order valence-electron chi connectivity index (χ3n) is 5.88. The Hall–Kier alpha value is -3.46. The van der Waals surface area contributed by atoms with E-state index in [9.17, 15) is 13.2 Å². The lowest BCUT2D eigenvalue weighted by Gasteiger charge is -2.17. The predicted molar refractivity (Wildman–Crippen MR) is 136 cm³/mol. The van der Waals surface area contributed by atoms with E-state index in [4.69, 9.17) is 4.42 Å². The van der Waals surface area contributed by atoms with Crippen molar-refractivity contribution in [1.29, 1.82) is 0 Å². The van der Waals surface area contributed by atoms with Crippen LogP contribution in [0.2, 0.25) is 0 Å². The largest absolute Gasteiger partial charge is 0.441 e. The molecule has 0 bridgehead atoms. The van der Waals surface area contributed by atoms with Crippen molar-refractivity contribution in [3.8, 4) is 11.3 Å². The van der Waals surface area contributed by atoms with Gasteiger partial charge >= 0.3 is 0 Å². The Kier molecular flexibility index (Phi) is 7.97. The number of rotatable bonds is 8. The van der Waals surface area contributed by atoms with Gasteiger partial charge in [-0.15, -0.1) is 4.40 Å². The average molecular weight is 495 g/mol. The van der Waals surface area contributed by atoms with Crippen LogP contribution in [-0.2, 0) is 21.2 Å². The highest BCUT2D eigenvalue weighted by Crippen LogP contribution is 2.22. The van der Waals surface area contributed by atoms with Gasteiger partial charge in [0, 0.05) is 44.1 Å². The fraction of sp³-hybridized carbons (Fsp3) is 0.346. The van der Waals surface area contributed by atoms with Gasteiger partial charge in [-0.1, -0.05) is 42.8 Å². The van der Waals surface area contributed by atoms with Crippen molar-refractivity contribution in [2.24, 2.45) is 4.40 Å². The van der Waals surface area contributed by atoms with Crippen LogP contribution < -0.4 is 5.32 Å². The number of hydrogen-bond donors (Lipinski definition) is 1. The van der Waals surface area contributed by atoms with E-state index < -0.39 is 10.0 Å². The summed E-state index contributed by atoms with van der Waals surface area (Å²) in [7, 11) is -1.99. The molecule has 0 spiro atoms. The Labute approximate surface area is 206 Å². The van der Waals surface area contributed by atoms with Crippen LogP contribution in [0.15, 0.2) is 74.5 Å². The van der Waals surface area contributed by atoms with Gasteiger partial charge in [-0.25, -0.2) is 4.98 Å². The third-order valence-corrected chi connectivity index (χ3v) is 7.18. The van der Waals surface area contributed by atoms with Crippen LogP contribution in [0.4, 0.5) is 5.69 Å². The summed E-state index contributed by atoms with van der Waals surface area (Å²) in [4.78, 5) is 18.7. The van der Waals surface area contributed by atoms with E-state index in [0.29, 0.717) is 42.4 Å². The Balaban J connectivity index is 1.33. The average Bonchev–Trinajstić information content (AvgIpc) is 3.23. The summed E-state index contributed by atoms with van der Waals surface area (Å²) in [6, 6.07) is 15.9. The normalized spacial score (nSPS) is 15.7. The summed E-state index contributed by atoms with van der Waals surface area (Å²) >= 11 is 0. The summed E-state index contributed by atoms with van der Waals surface area (Å²) in [6.45, 7) is 0.797. The molecule has 1 amide bonds. The number of amides is 1. The summed E-state index contributed by atoms with van der Waals surface area (Å²) in [5.41, 5.74) is 1.38. The number of carbonyl (C=O) groups is 1. The first-order valence-electron chi connectivity index (χ1n) is 11.9. The second-order valence-corrected chi connectivity index (χ2v) is 10.2. The van der Waals surface area contributed by atoms with Gasteiger partial charge in [0.25, 0.3) is 10.0 Å². The number of anilines is 1. The molecule has 35 heavy (non-hydrogen) atoms. The quantitative estimate of drug-likeness (QED) is 0.478. The first-order chi connectivity index (χ1) is 16.9. The predicted octanol–water partition coefficient (Wildman–Crippen LogP) is 4.90. The van der Waals surface area contributed by atoms with Gasteiger partial charge in [-0.2, -0.15) is 8.42 Å². The summed E-state index contributed by atoms with van der Waals surface area (Å²) in [5.74, 6) is 1.65. The van der Waals surface area contributed by atoms with Crippen LogP contribution in [-0.4, -0.2) is 43.6 Å². The molecule has 0 unspecified atom stereocenters. The van der Waals surface area contributed by atoms with Gasteiger partial charge in [0.15, 0.2) is 11.7 Å². The number of aryl methyl sites for hydroxylation is 1. The number of benzene rings is 2. The molecule has 0 aliphatic carbocycles. The lowest BCUT2D eigenvalue weighted by Crippen LogP contribution is -2.26. The molecule has 1 aromatic heterocycles. The van der Waals surface area contributed by atoms with E-state index in [1.54, 1.807) is 18.3 Å². The highest BCUT2D eigenvalue weighted by atomic mass is 32.2. The van der Waals surface area contributed by atoms with Gasteiger partial charge in [0.1, 0.15) is 5.84 Å². The van der Waals surface area contributed by atoms with E-state index in [2.05, 4.69) is 14.7 Å². The number of aromatic nitrogens is 1. The molecule has 4 rings (SSSR count). The van der Waals surface area contributed by atoms with E-state index in [1.165, 1.54) is 12.1 Å². The first kappa shape index (κ1) is 24.7. The highest BCUT2D eigenvalue weighted by Gasteiger charge is 2.19. The maximum atomic E-state index is 12.9. The minimum atomic E-state index is -3.87. The van der Waals surface area contributed by atoms with Crippen LogP contribution in [0, 0.1) is 0 Å². The molecule has 1 aliphatic rings. The fourth-order valence-corrected chi connectivity index (χ4v) is 5.10. The molecule has 9 heteroatoms. The van der Waals surface area contributed by atoms with Crippen molar-refractivity contribution < 1.29 is 17.6 Å². The number of hydrogen-bond acceptors (Lipinski definition) is 5. The molecule has 0 atom stereocenters. The van der Waals surface area contributed by atoms with Crippen LogP contribution in [0.25, 0.3) is 11.3 Å². The number of sulfonamides is 1. The van der Waals surface area contributed by atoms with E-state index in [-0.39, 0.29) is 17.2 Å². The van der Waals surface area contributed by atoms with Crippen molar-refractivity contribution >= 4 is 27.5 Å². The SMILES string of the molecule is CN1CCCCC/C1=N\S(=O)(=O)c1cccc(NC(=O)CCCc2ncc(-c3ccccc3)o2)c1. The Bertz CT molecular complexity index is 1290. The molecule has 1 N–H and O–H groups in total. The molecule has 184 valence electrons. The summed E-state index contributed by atoms with van der Waals surface area (Å²) in [6.07, 6.45) is 6.69. The number of oxazole rings is 1. The number of carbonyl (C=O) groups excluding carboxylic acids is 1. The Morgan fingerprint density at radius 3 is 2.77 bits per heavy atom. The molecular weight excluding hydrogens is 464 g/mol. The van der Waals surface area contributed by atoms with Crippen molar-refractivity contribution in [3.05, 3.63) is 66.7 Å². The molecule has 2 heterocycles. The molecule has 1 fully saturated rings. The van der Waals surface area contributed by atoms with Crippen LogP contribution >= 0.6 is 0 Å². The molecule has 3 aromatic rings. The van der Waals surface area contributed by atoms with Crippen LogP contribution in [0.5, 0.6) is 0 Å². The highest BCUT2D eigenvalue weighted by molar-refractivity contribution is 7.90. The topological polar surface area (TPSA) is 105 Å².